The van der Waals surface area contributed by atoms with E-state index in [9.17, 15) is 34.3 Å². The number of rotatable bonds is 5. The number of carbonyl (C=O) groups excluding carboxylic acids is 4. The normalized spacial score (nSPS) is 23.0. The SMILES string of the molecule is CCC1CC2=C(CCC=C2)O[C@H](O)CC(=O)/C=C\C=C(/N)C(=O)NCCN(CCNC(=O)c2cccc(=O)n2O)C1=O. The third kappa shape index (κ3) is 8.93. The first kappa shape index (κ1) is 31.9. The van der Waals surface area contributed by atoms with Crippen LogP contribution in [0.4, 0.5) is 0 Å². The highest BCUT2D eigenvalue weighted by molar-refractivity contribution is 5.94. The quantitative estimate of drug-likeness (QED) is 0.307. The summed E-state index contributed by atoms with van der Waals surface area (Å²) in [6.45, 7) is 2.11. The van der Waals surface area contributed by atoms with Crippen LogP contribution in [0.1, 0.15) is 49.5 Å². The lowest BCUT2D eigenvalue weighted by Gasteiger charge is -2.29. The van der Waals surface area contributed by atoms with Crippen molar-refractivity contribution in [2.45, 2.75) is 45.3 Å². The largest absolute Gasteiger partial charge is 0.469 e. The van der Waals surface area contributed by atoms with E-state index < -0.39 is 35.4 Å². The van der Waals surface area contributed by atoms with E-state index in [0.29, 0.717) is 31.4 Å². The molecule has 0 saturated heterocycles. The van der Waals surface area contributed by atoms with Gasteiger partial charge in [-0.15, -0.1) is 4.73 Å². The van der Waals surface area contributed by atoms with E-state index in [4.69, 9.17) is 10.5 Å². The summed E-state index contributed by atoms with van der Waals surface area (Å²) in [4.78, 5) is 64.1. The number of hydrogen-bond acceptors (Lipinski definition) is 9. The van der Waals surface area contributed by atoms with E-state index >= 15 is 0 Å². The molecule has 13 heteroatoms. The molecule has 1 aliphatic heterocycles. The summed E-state index contributed by atoms with van der Waals surface area (Å²) >= 11 is 0. The van der Waals surface area contributed by atoms with E-state index in [0.717, 1.165) is 11.6 Å². The van der Waals surface area contributed by atoms with Gasteiger partial charge in [-0.1, -0.05) is 31.2 Å². The van der Waals surface area contributed by atoms with Gasteiger partial charge in [-0.2, -0.15) is 0 Å². The average molecular weight is 584 g/mol. The number of nitrogens with two attached hydrogens (primary N) is 1. The molecule has 13 nitrogen and oxygen atoms in total. The molecule has 1 aromatic rings. The molecule has 0 spiro atoms. The van der Waals surface area contributed by atoms with Crippen molar-refractivity contribution >= 4 is 23.5 Å². The highest BCUT2D eigenvalue weighted by atomic mass is 16.6. The number of ketones is 1. The lowest BCUT2D eigenvalue weighted by molar-refractivity contribution is -0.135. The Morgan fingerprint density at radius 2 is 1.98 bits per heavy atom. The lowest BCUT2D eigenvalue weighted by Crippen LogP contribution is -2.45. The number of hydrogen-bond donors (Lipinski definition) is 5. The molecule has 42 heavy (non-hydrogen) atoms. The molecule has 0 aromatic carbocycles. The summed E-state index contributed by atoms with van der Waals surface area (Å²) in [5, 5.41) is 25.5. The summed E-state index contributed by atoms with van der Waals surface area (Å²) < 4.78 is 5.96. The Hall–Kier alpha value is -4.65. The van der Waals surface area contributed by atoms with Gasteiger partial charge in [0.2, 0.25) is 12.2 Å². The van der Waals surface area contributed by atoms with Gasteiger partial charge in [0.1, 0.15) is 11.5 Å². The molecule has 2 aliphatic rings. The van der Waals surface area contributed by atoms with Crippen molar-refractivity contribution < 1.29 is 34.2 Å². The number of aromatic nitrogens is 1. The Kier molecular flexibility index (Phi) is 11.7. The third-order valence-corrected chi connectivity index (χ3v) is 6.81. The Labute approximate surface area is 243 Å². The van der Waals surface area contributed by atoms with Crippen LogP contribution in [0.25, 0.3) is 0 Å². The number of ether oxygens (including phenoxy) is 1. The Morgan fingerprint density at radius 3 is 2.74 bits per heavy atom. The fourth-order valence-electron chi connectivity index (χ4n) is 4.51. The zero-order chi connectivity index (χ0) is 30.6. The highest BCUT2D eigenvalue weighted by Gasteiger charge is 2.26. The fourth-order valence-corrected chi connectivity index (χ4v) is 4.51. The summed E-state index contributed by atoms with van der Waals surface area (Å²) in [6, 6.07) is 3.73. The second-order valence-corrected chi connectivity index (χ2v) is 9.82. The van der Waals surface area contributed by atoms with Crippen molar-refractivity contribution in [1.82, 2.24) is 20.3 Å². The molecule has 2 atom stereocenters. The van der Waals surface area contributed by atoms with Crippen molar-refractivity contribution in [3.63, 3.8) is 0 Å². The van der Waals surface area contributed by atoms with Gasteiger partial charge in [-0.25, -0.2) is 0 Å². The summed E-state index contributed by atoms with van der Waals surface area (Å²) in [5.41, 5.74) is 5.37. The van der Waals surface area contributed by atoms with E-state index in [1.54, 1.807) is 0 Å². The minimum atomic E-state index is -1.39. The number of allylic oxidation sites excluding steroid dienone is 7. The number of aliphatic hydroxyl groups is 1. The number of amides is 3. The van der Waals surface area contributed by atoms with E-state index in [-0.39, 0.29) is 54.6 Å². The zero-order valence-corrected chi connectivity index (χ0v) is 23.5. The van der Waals surface area contributed by atoms with Gasteiger partial charge in [-0.3, -0.25) is 24.0 Å². The Balaban J connectivity index is 1.83. The topological polar surface area (TPSA) is 193 Å². The maximum Gasteiger partial charge on any atom is 0.283 e. The van der Waals surface area contributed by atoms with Crippen LogP contribution >= 0.6 is 0 Å². The molecule has 1 aromatic heterocycles. The average Bonchev–Trinajstić information content (AvgIpc) is 2.96. The smallest absolute Gasteiger partial charge is 0.283 e. The van der Waals surface area contributed by atoms with Crippen LogP contribution in [-0.4, -0.2) is 75.9 Å². The second-order valence-electron chi connectivity index (χ2n) is 9.82. The number of nitrogens with zero attached hydrogens (tertiary/aromatic N) is 2. The minimum Gasteiger partial charge on any atom is -0.469 e. The molecule has 3 amide bonds. The molecule has 0 bridgehead atoms. The van der Waals surface area contributed by atoms with E-state index in [1.807, 2.05) is 19.1 Å². The first-order chi connectivity index (χ1) is 20.1. The molecule has 0 fully saturated rings. The molecule has 0 saturated carbocycles. The van der Waals surface area contributed by atoms with Crippen molar-refractivity contribution in [1.29, 1.82) is 0 Å². The van der Waals surface area contributed by atoms with Gasteiger partial charge in [-0.05, 0) is 43.1 Å². The summed E-state index contributed by atoms with van der Waals surface area (Å²) in [5.74, 6) is -1.92. The van der Waals surface area contributed by atoms with Crippen molar-refractivity contribution in [2.75, 3.05) is 26.2 Å². The molecule has 6 N–H and O–H groups in total. The van der Waals surface area contributed by atoms with Crippen LogP contribution in [-0.2, 0) is 19.1 Å². The standard InChI is InChI=1S/C29H37N5O8/c1-2-19-17-20-7-3-4-11-24(20)42-26(37)18-21(35)8-5-9-22(30)27(38)31-13-15-33(29(19)40)16-14-32-28(39)23-10-6-12-25(36)34(23)41/h3,5-10,12,19,26,37,41H,2,4,11,13-18,30H2,1H3,(H,31,38)(H,32,39)/b8-5-,22-9-/t19?,26-/m0/s1. The number of carbonyl (C=O) groups is 4. The monoisotopic (exact) mass is 583 g/mol. The molecule has 2 heterocycles. The van der Waals surface area contributed by atoms with Crippen LogP contribution < -0.4 is 21.9 Å². The minimum absolute atomic E-state index is 0.00204. The van der Waals surface area contributed by atoms with Gasteiger partial charge in [0.15, 0.2) is 5.78 Å². The van der Waals surface area contributed by atoms with Crippen molar-refractivity contribution in [3.8, 4) is 0 Å². The number of aliphatic hydroxyl groups excluding tert-OH is 1. The summed E-state index contributed by atoms with van der Waals surface area (Å²) in [7, 11) is 0. The fraction of sp³-hybridized carbons (Fsp3) is 0.414. The van der Waals surface area contributed by atoms with Crippen molar-refractivity contribution in [3.05, 3.63) is 81.7 Å². The second kappa shape index (κ2) is 15.4. The summed E-state index contributed by atoms with van der Waals surface area (Å²) in [6.07, 6.45) is 7.85. The van der Waals surface area contributed by atoms with Gasteiger partial charge in [0.05, 0.1) is 12.1 Å². The molecule has 226 valence electrons. The molecule has 3 rings (SSSR count). The first-order valence-electron chi connectivity index (χ1n) is 13.8. The predicted molar refractivity (Wildman–Crippen MR) is 152 cm³/mol. The number of pyridine rings is 1. The lowest BCUT2D eigenvalue weighted by atomic mass is 9.91. The van der Waals surface area contributed by atoms with Crippen LogP contribution in [0, 0.1) is 5.92 Å². The predicted octanol–water partition coefficient (Wildman–Crippen LogP) is 0.487. The van der Waals surface area contributed by atoms with Gasteiger partial charge < -0.3 is 36.3 Å². The van der Waals surface area contributed by atoms with Crippen molar-refractivity contribution in [2.24, 2.45) is 11.7 Å². The van der Waals surface area contributed by atoms with Gasteiger partial charge in [0.25, 0.3) is 17.4 Å². The Morgan fingerprint density at radius 1 is 1.19 bits per heavy atom. The molecular weight excluding hydrogens is 546 g/mol. The molecule has 1 unspecified atom stereocenters. The van der Waals surface area contributed by atoms with Crippen LogP contribution in [0.2, 0.25) is 0 Å². The zero-order valence-electron chi connectivity index (χ0n) is 23.5. The third-order valence-electron chi connectivity index (χ3n) is 6.81. The van der Waals surface area contributed by atoms with Gasteiger partial charge in [0, 0.05) is 44.6 Å². The highest BCUT2D eigenvalue weighted by Crippen LogP contribution is 2.29. The molecule has 0 radical (unpaired) electrons. The van der Waals surface area contributed by atoms with Crippen LogP contribution in [0.15, 0.2) is 70.4 Å². The van der Waals surface area contributed by atoms with Crippen LogP contribution in [0.3, 0.4) is 0 Å². The molecule has 1 aliphatic carbocycles. The maximum absolute atomic E-state index is 13.7. The molecular formula is C29H37N5O8. The van der Waals surface area contributed by atoms with Crippen LogP contribution in [0.5, 0.6) is 0 Å². The van der Waals surface area contributed by atoms with E-state index in [2.05, 4.69) is 10.6 Å². The first-order valence-corrected chi connectivity index (χ1v) is 13.8. The number of nitrogens with one attached hydrogen (secondary N) is 2. The maximum atomic E-state index is 13.7. The Bertz CT molecular complexity index is 1360. The van der Waals surface area contributed by atoms with E-state index in [1.165, 1.54) is 35.3 Å². The van der Waals surface area contributed by atoms with Gasteiger partial charge >= 0.3 is 0 Å².